The molecule has 1 aliphatic carbocycles. The number of amides is 2. The first-order valence-corrected chi connectivity index (χ1v) is 11.1. The fraction of sp³-hybridized carbons (Fsp3) is 0.778. The highest BCUT2D eigenvalue weighted by molar-refractivity contribution is 7.98. The van der Waals surface area contributed by atoms with Gasteiger partial charge in [0.2, 0.25) is 0 Å². The molecule has 0 bridgehead atoms. The first-order valence-electron chi connectivity index (χ1n) is 9.83. The van der Waals surface area contributed by atoms with Gasteiger partial charge in [0.05, 0.1) is 5.92 Å². The van der Waals surface area contributed by atoms with Gasteiger partial charge in [0.1, 0.15) is 5.82 Å². The van der Waals surface area contributed by atoms with E-state index in [0.29, 0.717) is 32.1 Å². The maximum atomic E-state index is 12.3. The lowest BCUT2D eigenvalue weighted by Crippen LogP contribution is -2.47. The Morgan fingerprint density at radius 1 is 1.22 bits per heavy atom. The Kier molecular flexibility index (Phi) is 6.98. The summed E-state index contributed by atoms with van der Waals surface area (Å²) in [6.07, 6.45) is 9.90. The quantitative estimate of drug-likeness (QED) is 0.544. The lowest BCUT2D eigenvalue weighted by molar-refractivity contribution is -0.143. The number of aryl methyl sites for hydroxylation is 1. The molecule has 0 radical (unpaired) electrons. The molecule has 27 heavy (non-hydrogen) atoms. The first-order chi connectivity index (χ1) is 13.1. The Balaban J connectivity index is 1.47. The van der Waals surface area contributed by atoms with Crippen LogP contribution in [-0.4, -0.2) is 62.7 Å². The van der Waals surface area contributed by atoms with Gasteiger partial charge in [-0.15, -0.1) is 10.2 Å². The predicted molar refractivity (Wildman–Crippen MR) is 103 cm³/mol. The van der Waals surface area contributed by atoms with Crippen molar-refractivity contribution in [1.29, 1.82) is 0 Å². The molecule has 1 aromatic heterocycles. The van der Waals surface area contributed by atoms with Crippen molar-refractivity contribution in [1.82, 2.24) is 25.0 Å². The zero-order valence-electron chi connectivity index (χ0n) is 15.9. The molecule has 2 heterocycles. The Morgan fingerprint density at radius 3 is 2.70 bits per heavy atom. The smallest absolute Gasteiger partial charge is 0.317 e. The number of carbonyl (C=O) groups is 2. The second-order valence-electron chi connectivity index (χ2n) is 7.37. The third kappa shape index (κ3) is 4.94. The van der Waals surface area contributed by atoms with E-state index in [4.69, 9.17) is 5.11 Å². The van der Waals surface area contributed by atoms with Crippen LogP contribution in [0.3, 0.4) is 0 Å². The molecule has 1 saturated heterocycles. The van der Waals surface area contributed by atoms with E-state index in [1.165, 1.54) is 25.7 Å². The number of carboxylic acids is 1. The molecule has 2 fully saturated rings. The molecule has 3 rings (SSSR count). The number of hydrogen-bond acceptors (Lipinski definition) is 5. The van der Waals surface area contributed by atoms with Crippen LogP contribution in [-0.2, 0) is 11.2 Å². The second-order valence-corrected chi connectivity index (χ2v) is 8.14. The van der Waals surface area contributed by atoms with Crippen molar-refractivity contribution in [3.05, 3.63) is 5.82 Å². The number of aliphatic carboxylic acids is 1. The van der Waals surface area contributed by atoms with Crippen molar-refractivity contribution in [3.8, 4) is 0 Å². The molecule has 1 saturated carbocycles. The maximum absolute atomic E-state index is 12.3. The Hall–Kier alpha value is -1.77. The van der Waals surface area contributed by atoms with E-state index >= 15 is 0 Å². The SMILES string of the molecule is CSc1nnc(CCCNC(=O)N2CCCC(C(=O)O)C2)n1C1CCCC1. The van der Waals surface area contributed by atoms with Gasteiger partial charge in [-0.1, -0.05) is 24.6 Å². The van der Waals surface area contributed by atoms with Crippen LogP contribution >= 0.6 is 11.8 Å². The van der Waals surface area contributed by atoms with Gasteiger partial charge in [0.15, 0.2) is 5.16 Å². The van der Waals surface area contributed by atoms with Crippen molar-refractivity contribution < 1.29 is 14.7 Å². The zero-order chi connectivity index (χ0) is 19.2. The van der Waals surface area contributed by atoms with Gasteiger partial charge in [-0.3, -0.25) is 4.79 Å². The van der Waals surface area contributed by atoms with E-state index in [-0.39, 0.29) is 6.03 Å². The van der Waals surface area contributed by atoms with E-state index in [1.807, 2.05) is 6.26 Å². The van der Waals surface area contributed by atoms with Crippen molar-refractivity contribution in [3.63, 3.8) is 0 Å². The van der Waals surface area contributed by atoms with Gasteiger partial charge in [-0.05, 0) is 38.4 Å². The van der Waals surface area contributed by atoms with Gasteiger partial charge >= 0.3 is 12.0 Å². The molecule has 0 spiro atoms. The highest BCUT2D eigenvalue weighted by atomic mass is 32.2. The molecule has 8 nitrogen and oxygen atoms in total. The molecule has 2 amide bonds. The van der Waals surface area contributed by atoms with Crippen LogP contribution in [0.1, 0.15) is 56.8 Å². The first kappa shape index (κ1) is 20.0. The summed E-state index contributed by atoms with van der Waals surface area (Å²) in [6.45, 7) is 1.48. The van der Waals surface area contributed by atoms with Crippen molar-refractivity contribution in [2.24, 2.45) is 5.92 Å². The topological polar surface area (TPSA) is 100 Å². The number of carbonyl (C=O) groups excluding carboxylic acids is 1. The molecule has 1 atom stereocenters. The van der Waals surface area contributed by atoms with Gasteiger partial charge in [0, 0.05) is 32.1 Å². The summed E-state index contributed by atoms with van der Waals surface area (Å²) in [5, 5.41) is 21.7. The summed E-state index contributed by atoms with van der Waals surface area (Å²) in [7, 11) is 0. The van der Waals surface area contributed by atoms with Gasteiger partial charge in [-0.25, -0.2) is 4.79 Å². The van der Waals surface area contributed by atoms with Gasteiger partial charge in [-0.2, -0.15) is 0 Å². The van der Waals surface area contributed by atoms with Gasteiger partial charge < -0.3 is 19.9 Å². The van der Waals surface area contributed by atoms with Crippen LogP contribution in [0.4, 0.5) is 4.79 Å². The average molecular weight is 396 g/mol. The van der Waals surface area contributed by atoms with Crippen LogP contribution in [0.2, 0.25) is 0 Å². The van der Waals surface area contributed by atoms with Crippen LogP contribution in [0, 0.1) is 5.92 Å². The Labute approximate surface area is 164 Å². The molecule has 2 N–H and O–H groups in total. The minimum Gasteiger partial charge on any atom is -0.481 e. The Bertz CT molecular complexity index is 659. The fourth-order valence-electron chi connectivity index (χ4n) is 4.06. The average Bonchev–Trinajstić information content (AvgIpc) is 3.34. The molecule has 1 aliphatic heterocycles. The van der Waals surface area contributed by atoms with Crippen molar-refractivity contribution in [2.75, 3.05) is 25.9 Å². The number of nitrogens with zero attached hydrogens (tertiary/aromatic N) is 4. The Morgan fingerprint density at radius 2 is 2.00 bits per heavy atom. The number of hydrogen-bond donors (Lipinski definition) is 2. The van der Waals surface area contributed by atoms with Crippen molar-refractivity contribution >= 4 is 23.8 Å². The predicted octanol–water partition coefficient (Wildman–Crippen LogP) is 2.55. The number of urea groups is 1. The summed E-state index contributed by atoms with van der Waals surface area (Å²) >= 11 is 1.63. The second kappa shape index (κ2) is 9.43. The van der Waals surface area contributed by atoms with Gasteiger partial charge in [0.25, 0.3) is 0 Å². The number of rotatable bonds is 7. The van der Waals surface area contributed by atoms with Crippen molar-refractivity contribution in [2.45, 2.75) is 62.6 Å². The maximum Gasteiger partial charge on any atom is 0.317 e. The summed E-state index contributed by atoms with van der Waals surface area (Å²) < 4.78 is 2.29. The van der Waals surface area contributed by atoms with E-state index in [0.717, 1.165) is 30.2 Å². The highest BCUT2D eigenvalue weighted by Gasteiger charge is 2.28. The highest BCUT2D eigenvalue weighted by Crippen LogP contribution is 2.33. The van der Waals surface area contributed by atoms with Crippen LogP contribution in [0.25, 0.3) is 0 Å². The summed E-state index contributed by atoms with van der Waals surface area (Å²) in [6, 6.07) is 0.344. The third-order valence-corrected chi connectivity index (χ3v) is 6.16. The standard InChI is InChI=1S/C18H29N5O3S/c1-27-18-21-20-15(23(18)14-7-2-3-8-14)9-4-10-19-17(26)22-11-5-6-13(12-22)16(24)25/h13-14H,2-12H2,1H3,(H,19,26)(H,24,25). The van der Waals surface area contributed by atoms with Crippen LogP contribution in [0.15, 0.2) is 5.16 Å². The number of aromatic nitrogens is 3. The minimum absolute atomic E-state index is 0.164. The largest absolute Gasteiger partial charge is 0.481 e. The lowest BCUT2D eigenvalue weighted by atomic mass is 9.99. The van der Waals surface area contributed by atoms with E-state index in [9.17, 15) is 9.59 Å². The fourth-order valence-corrected chi connectivity index (χ4v) is 4.64. The van der Waals surface area contributed by atoms with E-state index < -0.39 is 11.9 Å². The number of nitrogens with one attached hydrogen (secondary N) is 1. The molecule has 150 valence electrons. The molecular formula is C18H29N5O3S. The number of likely N-dealkylation sites (tertiary alicyclic amines) is 1. The number of carboxylic acid groups (broad SMARTS) is 1. The molecule has 1 unspecified atom stereocenters. The zero-order valence-corrected chi connectivity index (χ0v) is 16.7. The molecule has 1 aromatic rings. The molecule has 9 heteroatoms. The van der Waals surface area contributed by atoms with Crippen LogP contribution in [0.5, 0.6) is 0 Å². The number of thioether (sulfide) groups is 1. The van der Waals surface area contributed by atoms with Crippen LogP contribution < -0.4 is 5.32 Å². The summed E-state index contributed by atoms with van der Waals surface area (Å²) in [5.74, 6) is -0.257. The normalized spacial score (nSPS) is 20.8. The lowest BCUT2D eigenvalue weighted by Gasteiger charge is -2.30. The summed E-state index contributed by atoms with van der Waals surface area (Å²) in [4.78, 5) is 25.0. The molecular weight excluding hydrogens is 366 g/mol. The van der Waals surface area contributed by atoms with E-state index in [1.54, 1.807) is 16.7 Å². The summed E-state index contributed by atoms with van der Waals surface area (Å²) in [5.41, 5.74) is 0. The third-order valence-electron chi connectivity index (χ3n) is 5.52. The molecule has 0 aromatic carbocycles. The number of piperidine rings is 1. The monoisotopic (exact) mass is 395 g/mol. The van der Waals surface area contributed by atoms with E-state index in [2.05, 4.69) is 20.1 Å². The molecule has 2 aliphatic rings. The minimum atomic E-state index is -0.816.